The Balaban J connectivity index is 2.06. The molecule has 1 aliphatic heterocycles. The van der Waals surface area contributed by atoms with Gasteiger partial charge in [-0.2, -0.15) is 0 Å². The maximum Gasteiger partial charge on any atom is 0.335 e. The van der Waals surface area contributed by atoms with Gasteiger partial charge in [-0.25, -0.2) is 17.5 Å². The second kappa shape index (κ2) is 5.93. The molecule has 6 heteroatoms. The molecule has 1 unspecified atom stereocenters. The normalized spacial score (nSPS) is 20.1. The van der Waals surface area contributed by atoms with Gasteiger partial charge in [0.05, 0.1) is 11.3 Å². The van der Waals surface area contributed by atoms with Crippen molar-refractivity contribution in [2.75, 3.05) is 13.1 Å². The van der Waals surface area contributed by atoms with Crippen molar-refractivity contribution < 1.29 is 18.3 Å². The molecular formula is C14H19NO4S. The first-order chi connectivity index (χ1) is 9.42. The molecule has 1 atom stereocenters. The number of nitrogens with zero attached hydrogens (tertiary/aromatic N) is 1. The highest BCUT2D eigenvalue weighted by Crippen LogP contribution is 2.23. The Morgan fingerprint density at radius 2 is 2.00 bits per heavy atom. The zero-order valence-electron chi connectivity index (χ0n) is 11.4. The summed E-state index contributed by atoms with van der Waals surface area (Å²) < 4.78 is 26.1. The lowest BCUT2D eigenvalue weighted by atomic mass is 10.1. The van der Waals surface area contributed by atoms with Crippen LogP contribution >= 0.6 is 0 Å². The maximum atomic E-state index is 12.3. The van der Waals surface area contributed by atoms with Crippen LogP contribution in [0.1, 0.15) is 35.7 Å². The number of hydrogen-bond donors (Lipinski definition) is 1. The fourth-order valence-corrected chi connectivity index (χ4v) is 4.05. The van der Waals surface area contributed by atoms with Crippen molar-refractivity contribution in [3.05, 3.63) is 35.4 Å². The summed E-state index contributed by atoms with van der Waals surface area (Å²) in [6.07, 6.45) is 1.92. The van der Waals surface area contributed by atoms with E-state index in [4.69, 9.17) is 5.11 Å². The number of benzene rings is 1. The molecular weight excluding hydrogens is 278 g/mol. The van der Waals surface area contributed by atoms with Gasteiger partial charge in [0, 0.05) is 13.1 Å². The van der Waals surface area contributed by atoms with E-state index in [1.165, 1.54) is 12.1 Å². The van der Waals surface area contributed by atoms with Crippen molar-refractivity contribution in [2.24, 2.45) is 5.92 Å². The number of carboxylic acids is 1. The van der Waals surface area contributed by atoms with Crippen LogP contribution in [0.15, 0.2) is 24.3 Å². The molecule has 0 aliphatic carbocycles. The highest BCUT2D eigenvalue weighted by atomic mass is 32.2. The topological polar surface area (TPSA) is 74.7 Å². The van der Waals surface area contributed by atoms with Crippen LogP contribution in [0.25, 0.3) is 0 Å². The number of sulfonamides is 1. The quantitative estimate of drug-likeness (QED) is 0.901. The maximum absolute atomic E-state index is 12.3. The van der Waals surface area contributed by atoms with Crippen LogP contribution in [0.4, 0.5) is 0 Å². The molecule has 0 radical (unpaired) electrons. The third kappa shape index (κ3) is 3.37. The van der Waals surface area contributed by atoms with Crippen molar-refractivity contribution in [2.45, 2.75) is 25.5 Å². The smallest absolute Gasteiger partial charge is 0.335 e. The van der Waals surface area contributed by atoms with Gasteiger partial charge in [0.1, 0.15) is 0 Å². The molecule has 0 saturated carbocycles. The van der Waals surface area contributed by atoms with Crippen molar-refractivity contribution in [3.8, 4) is 0 Å². The van der Waals surface area contributed by atoms with Crippen molar-refractivity contribution in [1.82, 2.24) is 4.31 Å². The van der Waals surface area contributed by atoms with Gasteiger partial charge in [-0.05, 0) is 30.0 Å². The first kappa shape index (κ1) is 15.0. The van der Waals surface area contributed by atoms with Crippen LogP contribution in [0, 0.1) is 5.92 Å². The third-order valence-electron chi connectivity index (χ3n) is 3.77. The zero-order chi connectivity index (χ0) is 14.8. The summed E-state index contributed by atoms with van der Waals surface area (Å²) in [6.45, 7) is 3.27. The van der Waals surface area contributed by atoms with Crippen LogP contribution in [0.3, 0.4) is 0 Å². The summed E-state index contributed by atoms with van der Waals surface area (Å²) in [5.74, 6) is -0.618. The molecule has 1 aromatic rings. The first-order valence-corrected chi connectivity index (χ1v) is 8.33. The van der Waals surface area contributed by atoms with Crippen molar-refractivity contribution in [1.29, 1.82) is 0 Å². The van der Waals surface area contributed by atoms with E-state index in [1.54, 1.807) is 16.4 Å². The molecule has 110 valence electrons. The van der Waals surface area contributed by atoms with Gasteiger partial charge in [0.2, 0.25) is 10.0 Å². The molecule has 0 spiro atoms. The lowest BCUT2D eigenvalue weighted by Gasteiger charge is -2.16. The molecule has 1 saturated heterocycles. The van der Waals surface area contributed by atoms with Gasteiger partial charge in [0.15, 0.2) is 0 Å². The van der Waals surface area contributed by atoms with E-state index in [0.717, 1.165) is 12.8 Å². The van der Waals surface area contributed by atoms with Crippen LogP contribution in [-0.2, 0) is 15.8 Å². The lowest BCUT2D eigenvalue weighted by Crippen LogP contribution is -2.30. The van der Waals surface area contributed by atoms with Crippen LogP contribution in [-0.4, -0.2) is 36.9 Å². The van der Waals surface area contributed by atoms with E-state index < -0.39 is 16.0 Å². The summed E-state index contributed by atoms with van der Waals surface area (Å²) in [7, 11) is -3.30. The molecule has 1 fully saturated rings. The summed E-state index contributed by atoms with van der Waals surface area (Å²) >= 11 is 0. The Labute approximate surface area is 119 Å². The number of aromatic carboxylic acids is 1. The Morgan fingerprint density at radius 3 is 2.50 bits per heavy atom. The van der Waals surface area contributed by atoms with E-state index in [1.807, 2.05) is 0 Å². The van der Waals surface area contributed by atoms with Crippen molar-refractivity contribution >= 4 is 16.0 Å². The molecule has 1 heterocycles. The SMILES string of the molecule is CCC1CCN(S(=O)(=O)Cc2ccc(C(=O)O)cc2)C1. The Kier molecular flexibility index (Phi) is 4.45. The lowest BCUT2D eigenvalue weighted by molar-refractivity contribution is 0.0697. The van der Waals surface area contributed by atoms with Gasteiger partial charge in [-0.15, -0.1) is 0 Å². The summed E-state index contributed by atoms with van der Waals surface area (Å²) in [4.78, 5) is 10.7. The second-order valence-corrected chi connectivity index (χ2v) is 7.15. The van der Waals surface area contributed by atoms with E-state index in [9.17, 15) is 13.2 Å². The van der Waals surface area contributed by atoms with Gasteiger partial charge in [-0.3, -0.25) is 0 Å². The van der Waals surface area contributed by atoms with E-state index >= 15 is 0 Å². The van der Waals surface area contributed by atoms with E-state index in [-0.39, 0.29) is 11.3 Å². The molecule has 5 nitrogen and oxygen atoms in total. The fraction of sp³-hybridized carbons (Fsp3) is 0.500. The molecule has 2 rings (SSSR count). The van der Waals surface area contributed by atoms with E-state index in [2.05, 4.69) is 6.92 Å². The zero-order valence-corrected chi connectivity index (χ0v) is 12.3. The van der Waals surface area contributed by atoms with Crippen LogP contribution < -0.4 is 0 Å². The minimum absolute atomic E-state index is 0.0661. The molecule has 1 N–H and O–H groups in total. The third-order valence-corrected chi connectivity index (χ3v) is 5.59. The highest BCUT2D eigenvalue weighted by molar-refractivity contribution is 7.88. The predicted molar refractivity (Wildman–Crippen MR) is 76.0 cm³/mol. The Hall–Kier alpha value is -1.40. The summed E-state index contributed by atoms with van der Waals surface area (Å²) in [5.41, 5.74) is 0.785. The van der Waals surface area contributed by atoms with Gasteiger partial charge < -0.3 is 5.11 Å². The van der Waals surface area contributed by atoms with Crippen LogP contribution in [0.2, 0.25) is 0 Å². The van der Waals surface area contributed by atoms with Gasteiger partial charge >= 0.3 is 5.97 Å². The van der Waals surface area contributed by atoms with Crippen LogP contribution in [0.5, 0.6) is 0 Å². The highest BCUT2D eigenvalue weighted by Gasteiger charge is 2.30. The summed E-state index contributed by atoms with van der Waals surface area (Å²) in [6, 6.07) is 6.00. The standard InChI is InChI=1S/C14H19NO4S/c1-2-11-7-8-15(9-11)20(18,19)10-12-3-5-13(6-4-12)14(16)17/h3-6,11H,2,7-10H2,1H3,(H,16,17). The average molecular weight is 297 g/mol. The molecule has 0 bridgehead atoms. The molecule has 1 aliphatic rings. The molecule has 20 heavy (non-hydrogen) atoms. The molecule has 1 aromatic carbocycles. The minimum atomic E-state index is -3.30. The number of carboxylic acid groups (broad SMARTS) is 1. The van der Waals surface area contributed by atoms with Gasteiger partial charge in [0.25, 0.3) is 0 Å². The first-order valence-electron chi connectivity index (χ1n) is 6.72. The largest absolute Gasteiger partial charge is 0.478 e. The average Bonchev–Trinajstić information content (AvgIpc) is 2.88. The van der Waals surface area contributed by atoms with E-state index in [0.29, 0.717) is 24.6 Å². The fourth-order valence-electron chi connectivity index (χ4n) is 2.43. The number of hydrogen-bond acceptors (Lipinski definition) is 3. The number of rotatable bonds is 5. The monoisotopic (exact) mass is 297 g/mol. The molecule has 0 aromatic heterocycles. The Bertz CT molecular complexity index is 580. The Morgan fingerprint density at radius 1 is 1.35 bits per heavy atom. The number of carbonyl (C=O) groups is 1. The molecule has 0 amide bonds. The van der Waals surface area contributed by atoms with Crippen molar-refractivity contribution in [3.63, 3.8) is 0 Å². The van der Waals surface area contributed by atoms with Gasteiger partial charge in [-0.1, -0.05) is 25.5 Å². The predicted octanol–water partition coefficient (Wildman–Crippen LogP) is 1.95. The minimum Gasteiger partial charge on any atom is -0.478 e. The summed E-state index contributed by atoms with van der Waals surface area (Å²) in [5, 5.41) is 8.81. The second-order valence-electron chi connectivity index (χ2n) is 5.18.